The maximum Gasteiger partial charge on any atom is 0.320 e. The van der Waals surface area contributed by atoms with Crippen molar-refractivity contribution in [2.75, 3.05) is 63.6 Å². The molecule has 55 heavy (non-hydrogen) atoms. The molecule has 0 aliphatic rings. The maximum atomic E-state index is 13.5. The normalized spacial score (nSPS) is 10.6. The fourth-order valence-corrected chi connectivity index (χ4v) is 4.28. The first-order valence-electron chi connectivity index (χ1n) is 17.2. The molecule has 0 spiro atoms. The number of urea groups is 2. The van der Waals surface area contributed by atoms with Gasteiger partial charge in [-0.2, -0.15) is 0 Å². The quantitative estimate of drug-likeness (QED) is 0.0411. The summed E-state index contributed by atoms with van der Waals surface area (Å²) in [6.45, 7) is 7.44. The van der Waals surface area contributed by atoms with Gasteiger partial charge in [-0.3, -0.25) is 21.5 Å². The molecule has 0 aliphatic heterocycles. The van der Waals surface area contributed by atoms with Crippen LogP contribution in [0.25, 0.3) is 0 Å². The SMILES string of the molecule is CC.COCCOC(=N)c1ccc(NC(=O)NCc2c(F)cccc2F)nc1.COCCOC(=N)c1cnc(NC(=O)NC[C@@H](C)c2ccccc2)cc1N. The summed E-state index contributed by atoms with van der Waals surface area (Å²) in [5.41, 5.74) is 7.94. The van der Waals surface area contributed by atoms with Crippen LogP contribution in [0.5, 0.6) is 0 Å². The second-order valence-electron chi connectivity index (χ2n) is 11.1. The van der Waals surface area contributed by atoms with Crippen molar-refractivity contribution in [1.82, 2.24) is 20.6 Å². The number of carbonyl (C=O) groups excluding carboxylic acids is 2. The van der Waals surface area contributed by atoms with Crippen molar-refractivity contribution >= 4 is 41.2 Å². The van der Waals surface area contributed by atoms with Crippen molar-refractivity contribution in [2.45, 2.75) is 33.2 Å². The Morgan fingerprint density at radius 2 is 1.35 bits per heavy atom. The lowest BCUT2D eigenvalue weighted by atomic mass is 10.0. The van der Waals surface area contributed by atoms with Crippen LogP contribution in [0.1, 0.15) is 48.9 Å². The summed E-state index contributed by atoms with van der Waals surface area (Å²) in [5, 5.41) is 25.8. The number of nitrogen functional groups attached to an aromatic ring is 1. The van der Waals surface area contributed by atoms with Gasteiger partial charge in [0.05, 0.1) is 30.9 Å². The summed E-state index contributed by atoms with van der Waals surface area (Å²) >= 11 is 0. The van der Waals surface area contributed by atoms with Crippen molar-refractivity contribution in [2.24, 2.45) is 0 Å². The van der Waals surface area contributed by atoms with Crippen LogP contribution in [-0.2, 0) is 25.5 Å². The Hall–Kier alpha value is -6.20. The number of amides is 4. The molecule has 0 aliphatic carbocycles. The molecule has 0 saturated heterocycles. The number of carbonyl (C=O) groups is 2. The average molecular weight is 766 g/mol. The predicted molar refractivity (Wildman–Crippen MR) is 208 cm³/mol. The van der Waals surface area contributed by atoms with Gasteiger partial charge in [0.2, 0.25) is 11.8 Å². The van der Waals surface area contributed by atoms with E-state index in [0.717, 1.165) is 17.7 Å². The van der Waals surface area contributed by atoms with Crippen LogP contribution in [0.3, 0.4) is 0 Å². The number of nitrogens with zero attached hydrogens (tertiary/aromatic N) is 2. The molecule has 4 aromatic rings. The molecule has 1 atom stereocenters. The molecule has 2 aromatic heterocycles. The largest absolute Gasteiger partial charge is 0.475 e. The first-order chi connectivity index (χ1) is 26.5. The topological polar surface area (TPSA) is 219 Å². The van der Waals surface area contributed by atoms with Gasteiger partial charge in [0.15, 0.2) is 0 Å². The number of anilines is 3. The van der Waals surface area contributed by atoms with Crippen molar-refractivity contribution in [3.05, 3.63) is 113 Å². The summed E-state index contributed by atoms with van der Waals surface area (Å²) in [4.78, 5) is 32.0. The van der Waals surface area contributed by atoms with E-state index < -0.39 is 17.7 Å². The summed E-state index contributed by atoms with van der Waals surface area (Å²) in [6, 6.07) is 16.9. The monoisotopic (exact) mass is 765 g/mol. The Kier molecular flexibility index (Phi) is 20.4. The van der Waals surface area contributed by atoms with Crippen LogP contribution in [-0.4, -0.2) is 81.0 Å². The molecule has 2 heterocycles. The molecule has 0 saturated carbocycles. The first-order valence-corrected chi connectivity index (χ1v) is 17.2. The van der Waals surface area contributed by atoms with Gasteiger partial charge in [-0.25, -0.2) is 28.3 Å². The van der Waals surface area contributed by atoms with E-state index in [-0.39, 0.29) is 54.9 Å². The standard InChI is InChI=1S/C19H25N5O3.C17H18F2N4O3.C2H6/c1-13(14-6-4-3-5-7-14)11-23-19(25)24-17-10-16(20)15(12-22-17)18(21)27-9-8-26-2;1-25-7-8-26-16(20)11-5-6-15(21-9-11)23-17(24)22-10-12-13(18)3-2-4-14(12)19;1-2/h3-7,10,12-13,21H,8-9,11H2,1-2H3,(H4,20,22,23,24,25);2-6,9,20H,7-8,10H2,1H3,(H2,21,22,23,24);1-2H3/t13-;;/m1../s1. The fourth-order valence-electron chi connectivity index (χ4n) is 4.28. The van der Waals surface area contributed by atoms with Gasteiger partial charge in [0, 0.05) is 50.5 Å². The summed E-state index contributed by atoms with van der Waals surface area (Å²) in [7, 11) is 3.08. The van der Waals surface area contributed by atoms with Gasteiger partial charge >= 0.3 is 12.1 Å². The minimum Gasteiger partial charge on any atom is -0.475 e. The zero-order valence-electron chi connectivity index (χ0n) is 31.5. The van der Waals surface area contributed by atoms with E-state index in [9.17, 15) is 18.4 Å². The van der Waals surface area contributed by atoms with E-state index in [4.69, 9.17) is 35.5 Å². The average Bonchev–Trinajstić information content (AvgIpc) is 3.18. The number of rotatable bonds is 15. The van der Waals surface area contributed by atoms with Gasteiger partial charge in [0.1, 0.15) is 36.5 Å². The number of aromatic nitrogens is 2. The van der Waals surface area contributed by atoms with Gasteiger partial charge in [-0.1, -0.05) is 57.2 Å². The van der Waals surface area contributed by atoms with E-state index in [1.165, 1.54) is 37.7 Å². The molecular weight excluding hydrogens is 716 g/mol. The minimum absolute atomic E-state index is 0.0689. The Morgan fingerprint density at radius 3 is 1.93 bits per heavy atom. The first kappa shape index (κ1) is 45.0. The lowest BCUT2D eigenvalue weighted by Gasteiger charge is -2.14. The van der Waals surface area contributed by atoms with Gasteiger partial charge in [-0.15, -0.1) is 0 Å². The zero-order valence-corrected chi connectivity index (χ0v) is 31.5. The third-order valence-electron chi connectivity index (χ3n) is 7.18. The van der Waals surface area contributed by atoms with Crippen molar-refractivity contribution in [3.63, 3.8) is 0 Å². The second kappa shape index (κ2) is 24.9. The fraction of sp³-hybridized carbons (Fsp3) is 0.316. The van der Waals surface area contributed by atoms with Crippen LogP contribution in [0.2, 0.25) is 0 Å². The van der Waals surface area contributed by atoms with Gasteiger partial charge < -0.3 is 35.3 Å². The van der Waals surface area contributed by atoms with Crippen LogP contribution in [0, 0.1) is 22.5 Å². The highest BCUT2D eigenvalue weighted by atomic mass is 19.1. The molecule has 8 N–H and O–H groups in total. The maximum absolute atomic E-state index is 13.5. The Bertz CT molecular complexity index is 1780. The molecule has 4 rings (SSSR count). The molecular formula is C38H49F2N9O6. The second-order valence-corrected chi connectivity index (χ2v) is 11.1. The summed E-state index contributed by atoms with van der Waals surface area (Å²) < 4.78 is 47.0. The highest BCUT2D eigenvalue weighted by Gasteiger charge is 2.13. The number of pyridine rings is 2. The van der Waals surface area contributed by atoms with E-state index in [0.29, 0.717) is 42.4 Å². The van der Waals surface area contributed by atoms with Crippen molar-refractivity contribution in [3.8, 4) is 0 Å². The van der Waals surface area contributed by atoms with Gasteiger partial charge in [-0.05, 0) is 35.7 Å². The van der Waals surface area contributed by atoms with Crippen LogP contribution in [0.4, 0.5) is 35.7 Å². The minimum atomic E-state index is -0.736. The van der Waals surface area contributed by atoms with Crippen molar-refractivity contribution in [1.29, 1.82) is 10.8 Å². The molecule has 17 heteroatoms. The lowest BCUT2D eigenvalue weighted by molar-refractivity contribution is 0.141. The van der Waals surface area contributed by atoms with E-state index >= 15 is 0 Å². The molecule has 0 fully saturated rings. The number of nitrogens with one attached hydrogen (secondary N) is 6. The highest BCUT2D eigenvalue weighted by molar-refractivity contribution is 5.98. The lowest BCUT2D eigenvalue weighted by Crippen LogP contribution is -2.32. The molecule has 296 valence electrons. The van der Waals surface area contributed by atoms with Crippen LogP contribution >= 0.6 is 0 Å². The molecule has 2 aromatic carbocycles. The third-order valence-corrected chi connectivity index (χ3v) is 7.18. The number of ether oxygens (including phenoxy) is 4. The molecule has 0 unspecified atom stereocenters. The number of hydrogen-bond acceptors (Lipinski definition) is 11. The Balaban J connectivity index is 0.000000364. The number of benzene rings is 2. The number of hydrogen-bond donors (Lipinski definition) is 7. The summed E-state index contributed by atoms with van der Waals surface area (Å²) in [5.74, 6) is -0.942. The zero-order chi connectivity index (χ0) is 40.6. The van der Waals surface area contributed by atoms with E-state index in [1.54, 1.807) is 13.2 Å². The smallest absolute Gasteiger partial charge is 0.320 e. The third kappa shape index (κ3) is 16.1. The number of methoxy groups -OCH3 is 2. The van der Waals surface area contributed by atoms with E-state index in [2.05, 4.69) is 31.2 Å². The van der Waals surface area contributed by atoms with Crippen LogP contribution in [0.15, 0.2) is 79.1 Å². The van der Waals surface area contributed by atoms with Crippen molar-refractivity contribution < 1.29 is 37.3 Å². The van der Waals surface area contributed by atoms with E-state index in [1.807, 2.05) is 51.1 Å². The van der Waals surface area contributed by atoms with Gasteiger partial charge in [0.25, 0.3) is 0 Å². The molecule has 0 bridgehead atoms. The molecule has 0 radical (unpaired) electrons. The number of nitrogens with two attached hydrogens (primary N) is 1. The highest BCUT2D eigenvalue weighted by Crippen LogP contribution is 2.17. The predicted octanol–water partition coefficient (Wildman–Crippen LogP) is 6.27. The number of halogens is 2. The Labute approximate surface area is 319 Å². The van der Waals surface area contributed by atoms with Crippen LogP contribution < -0.4 is 27.0 Å². The Morgan fingerprint density at radius 1 is 0.764 bits per heavy atom. The summed E-state index contributed by atoms with van der Waals surface area (Å²) in [6.07, 6.45) is 2.76. The molecule has 4 amide bonds. The molecule has 15 nitrogen and oxygen atoms in total.